The zero-order valence-corrected chi connectivity index (χ0v) is 12.1. The van der Waals surface area contributed by atoms with Crippen molar-refractivity contribution in [1.29, 1.82) is 0 Å². The second-order valence-corrected chi connectivity index (χ2v) is 5.74. The molecule has 3 aromatic rings. The molecule has 0 aliphatic carbocycles. The highest BCUT2D eigenvalue weighted by molar-refractivity contribution is 7.17. The van der Waals surface area contributed by atoms with E-state index in [-0.39, 0.29) is 0 Å². The van der Waals surface area contributed by atoms with Gasteiger partial charge in [-0.15, -0.1) is 11.3 Å². The van der Waals surface area contributed by atoms with Gasteiger partial charge in [-0.3, -0.25) is 0 Å². The quantitative estimate of drug-likeness (QED) is 0.731. The molecule has 1 aromatic heterocycles. The van der Waals surface area contributed by atoms with E-state index in [9.17, 15) is 0 Å². The van der Waals surface area contributed by atoms with E-state index in [1.807, 2.05) is 18.4 Å². The molecule has 0 radical (unpaired) electrons. The van der Waals surface area contributed by atoms with Crippen LogP contribution in [0.5, 0.6) is 0 Å². The minimum Gasteiger partial charge on any atom is -0.316 e. The second kappa shape index (κ2) is 5.16. The Labute approximate surface area is 117 Å². The van der Waals surface area contributed by atoms with Gasteiger partial charge in [0.1, 0.15) is 0 Å². The summed E-state index contributed by atoms with van der Waals surface area (Å²) in [5, 5.41) is 6.72. The van der Waals surface area contributed by atoms with Gasteiger partial charge in [0.25, 0.3) is 0 Å². The van der Waals surface area contributed by atoms with Crippen LogP contribution in [-0.4, -0.2) is 7.05 Å². The summed E-state index contributed by atoms with van der Waals surface area (Å²) in [6, 6.07) is 15.5. The summed E-state index contributed by atoms with van der Waals surface area (Å²) in [6.07, 6.45) is 0. The Bertz CT molecular complexity index is 712. The lowest BCUT2D eigenvalue weighted by Gasteiger charge is -2.10. The van der Waals surface area contributed by atoms with Gasteiger partial charge < -0.3 is 5.32 Å². The summed E-state index contributed by atoms with van der Waals surface area (Å²) in [5.74, 6) is 0. The predicted octanol–water partition coefficient (Wildman–Crippen LogP) is 4.60. The summed E-state index contributed by atoms with van der Waals surface area (Å²) in [4.78, 5) is 0. The van der Waals surface area contributed by atoms with Gasteiger partial charge in [-0.25, -0.2) is 0 Å². The molecule has 0 bridgehead atoms. The molecule has 0 spiro atoms. The summed E-state index contributed by atoms with van der Waals surface area (Å²) < 4.78 is 1.38. The molecule has 0 amide bonds. The van der Waals surface area contributed by atoms with E-state index >= 15 is 0 Å². The van der Waals surface area contributed by atoms with Gasteiger partial charge in [-0.1, -0.05) is 30.3 Å². The predicted molar refractivity (Wildman–Crippen MR) is 84.8 cm³/mol. The van der Waals surface area contributed by atoms with Gasteiger partial charge in [-0.2, -0.15) is 0 Å². The van der Waals surface area contributed by atoms with E-state index in [2.05, 4.69) is 60.1 Å². The topological polar surface area (TPSA) is 12.0 Å². The molecule has 19 heavy (non-hydrogen) atoms. The molecule has 96 valence electrons. The van der Waals surface area contributed by atoms with Crippen LogP contribution < -0.4 is 5.32 Å². The van der Waals surface area contributed by atoms with Gasteiger partial charge in [0.2, 0.25) is 0 Å². The molecular formula is C17H17NS. The van der Waals surface area contributed by atoms with Crippen molar-refractivity contribution >= 4 is 21.4 Å². The van der Waals surface area contributed by atoms with Crippen molar-refractivity contribution < 1.29 is 0 Å². The van der Waals surface area contributed by atoms with Gasteiger partial charge in [0.05, 0.1) is 0 Å². The summed E-state index contributed by atoms with van der Waals surface area (Å²) in [7, 11) is 1.99. The van der Waals surface area contributed by atoms with Gasteiger partial charge in [0.15, 0.2) is 0 Å². The Kier molecular flexibility index (Phi) is 3.36. The molecule has 0 saturated heterocycles. The van der Waals surface area contributed by atoms with Gasteiger partial charge in [-0.05, 0) is 59.1 Å². The van der Waals surface area contributed by atoms with Gasteiger partial charge in [0, 0.05) is 11.2 Å². The van der Waals surface area contributed by atoms with Crippen molar-refractivity contribution in [3.63, 3.8) is 0 Å². The van der Waals surface area contributed by atoms with Crippen LogP contribution in [0.4, 0.5) is 0 Å². The zero-order chi connectivity index (χ0) is 13.2. The van der Waals surface area contributed by atoms with Crippen LogP contribution in [0, 0.1) is 6.92 Å². The normalized spacial score (nSPS) is 11.1. The number of fused-ring (bicyclic) bond motifs is 1. The molecule has 2 aromatic carbocycles. The number of benzene rings is 2. The van der Waals surface area contributed by atoms with Crippen LogP contribution in [-0.2, 0) is 6.54 Å². The highest BCUT2D eigenvalue weighted by Gasteiger charge is 2.08. The van der Waals surface area contributed by atoms with Crippen LogP contribution in [0.1, 0.15) is 11.1 Å². The van der Waals surface area contributed by atoms with Crippen molar-refractivity contribution in [3.05, 3.63) is 59.0 Å². The summed E-state index contributed by atoms with van der Waals surface area (Å²) in [5.41, 5.74) is 5.36. The van der Waals surface area contributed by atoms with E-state index in [1.165, 1.54) is 32.3 Å². The molecule has 2 heteroatoms. The summed E-state index contributed by atoms with van der Waals surface area (Å²) in [6.45, 7) is 3.10. The Morgan fingerprint density at radius 3 is 2.79 bits per heavy atom. The maximum absolute atomic E-state index is 3.22. The van der Waals surface area contributed by atoms with Crippen molar-refractivity contribution in [3.8, 4) is 11.1 Å². The highest BCUT2D eigenvalue weighted by atomic mass is 32.1. The fourth-order valence-corrected chi connectivity index (χ4v) is 3.41. The first kappa shape index (κ1) is 12.4. The highest BCUT2D eigenvalue weighted by Crippen LogP contribution is 2.34. The standard InChI is InChI=1S/C17H17NS/c1-12-6-7-13(11-18-2)10-16(12)15-5-3-4-14-8-9-19-17(14)15/h3-10,18H,11H2,1-2H3. The van der Waals surface area contributed by atoms with Crippen LogP contribution in [0.15, 0.2) is 47.8 Å². The molecule has 0 atom stereocenters. The third-order valence-corrected chi connectivity index (χ3v) is 4.42. The number of hydrogen-bond donors (Lipinski definition) is 1. The maximum Gasteiger partial charge on any atom is 0.0421 e. The average Bonchev–Trinajstić information content (AvgIpc) is 2.89. The molecule has 0 aliphatic heterocycles. The lowest BCUT2D eigenvalue weighted by Crippen LogP contribution is -2.05. The van der Waals surface area contributed by atoms with E-state index in [0.29, 0.717) is 0 Å². The Morgan fingerprint density at radius 1 is 1.05 bits per heavy atom. The van der Waals surface area contributed by atoms with E-state index < -0.39 is 0 Å². The van der Waals surface area contributed by atoms with E-state index in [1.54, 1.807) is 0 Å². The second-order valence-electron chi connectivity index (χ2n) is 4.82. The van der Waals surface area contributed by atoms with Gasteiger partial charge >= 0.3 is 0 Å². The fraction of sp³-hybridized carbons (Fsp3) is 0.176. The Hall–Kier alpha value is -1.64. The van der Waals surface area contributed by atoms with Crippen LogP contribution in [0.25, 0.3) is 21.2 Å². The van der Waals surface area contributed by atoms with Crippen molar-refractivity contribution in [2.45, 2.75) is 13.5 Å². The van der Waals surface area contributed by atoms with Crippen molar-refractivity contribution in [2.75, 3.05) is 7.05 Å². The molecular weight excluding hydrogens is 250 g/mol. The number of rotatable bonds is 3. The molecule has 0 saturated carbocycles. The molecule has 0 fully saturated rings. The average molecular weight is 267 g/mol. The van der Waals surface area contributed by atoms with E-state index in [4.69, 9.17) is 0 Å². The monoisotopic (exact) mass is 267 g/mol. The minimum absolute atomic E-state index is 0.910. The molecule has 1 nitrogen and oxygen atoms in total. The summed E-state index contributed by atoms with van der Waals surface area (Å²) >= 11 is 1.82. The van der Waals surface area contributed by atoms with Crippen molar-refractivity contribution in [2.24, 2.45) is 0 Å². The molecule has 3 rings (SSSR count). The SMILES string of the molecule is CNCc1ccc(C)c(-c2cccc3ccsc23)c1. The number of hydrogen-bond acceptors (Lipinski definition) is 2. The fourth-order valence-electron chi connectivity index (χ4n) is 2.48. The first-order valence-electron chi connectivity index (χ1n) is 6.50. The number of aryl methyl sites for hydroxylation is 1. The third kappa shape index (κ3) is 2.29. The minimum atomic E-state index is 0.910. The first-order chi connectivity index (χ1) is 9.29. The van der Waals surface area contributed by atoms with Crippen LogP contribution in [0.3, 0.4) is 0 Å². The molecule has 0 aliphatic rings. The maximum atomic E-state index is 3.22. The Balaban J connectivity index is 2.20. The number of nitrogens with one attached hydrogen (secondary N) is 1. The molecule has 1 heterocycles. The largest absolute Gasteiger partial charge is 0.316 e. The third-order valence-electron chi connectivity index (χ3n) is 3.45. The first-order valence-corrected chi connectivity index (χ1v) is 7.38. The van der Waals surface area contributed by atoms with Crippen molar-refractivity contribution in [1.82, 2.24) is 5.32 Å². The Morgan fingerprint density at radius 2 is 1.95 bits per heavy atom. The lowest BCUT2D eigenvalue weighted by atomic mass is 9.97. The number of thiophene rings is 1. The smallest absolute Gasteiger partial charge is 0.0421 e. The van der Waals surface area contributed by atoms with Crippen LogP contribution in [0.2, 0.25) is 0 Å². The zero-order valence-electron chi connectivity index (χ0n) is 11.2. The lowest BCUT2D eigenvalue weighted by molar-refractivity contribution is 0.818. The molecule has 0 unspecified atom stereocenters. The molecule has 1 N–H and O–H groups in total. The van der Waals surface area contributed by atoms with Crippen LogP contribution >= 0.6 is 11.3 Å². The van der Waals surface area contributed by atoms with E-state index in [0.717, 1.165) is 6.54 Å².